The van der Waals surface area contributed by atoms with E-state index in [1.807, 2.05) is 0 Å². The first-order valence-corrected chi connectivity index (χ1v) is 6.84. The third-order valence-electron chi connectivity index (χ3n) is 3.86. The third kappa shape index (κ3) is 2.52. The average Bonchev–Trinajstić information content (AvgIpc) is 3.03. The van der Waals surface area contributed by atoms with Crippen LogP contribution < -0.4 is 0 Å². The van der Waals surface area contributed by atoms with Gasteiger partial charge in [0, 0.05) is 6.08 Å². The molecule has 0 N–H and O–H groups in total. The van der Waals surface area contributed by atoms with Gasteiger partial charge in [0.25, 0.3) is 0 Å². The van der Waals surface area contributed by atoms with Crippen LogP contribution in [0.4, 0.5) is 0 Å². The minimum atomic E-state index is -0.867. The number of hydrogen-bond acceptors (Lipinski definition) is 7. The molecule has 120 valence electrons. The van der Waals surface area contributed by atoms with Gasteiger partial charge in [-0.15, -0.1) is 0 Å². The number of carbonyl (C=O) groups excluding carboxylic acids is 3. The van der Waals surface area contributed by atoms with Crippen LogP contribution in [0.15, 0.2) is 23.8 Å². The Morgan fingerprint density at radius 3 is 2.18 bits per heavy atom. The van der Waals surface area contributed by atoms with E-state index in [1.165, 1.54) is 20.3 Å². The zero-order valence-corrected chi connectivity index (χ0v) is 12.7. The Kier molecular flexibility index (Phi) is 4.65. The monoisotopic (exact) mass is 310 g/mol. The molecule has 0 saturated carbocycles. The first kappa shape index (κ1) is 16.2. The third-order valence-corrected chi connectivity index (χ3v) is 3.86. The van der Waals surface area contributed by atoms with Crippen molar-refractivity contribution in [2.75, 3.05) is 20.8 Å². The van der Waals surface area contributed by atoms with Crippen LogP contribution in [-0.4, -0.2) is 50.9 Å². The van der Waals surface area contributed by atoms with Gasteiger partial charge in [0.1, 0.15) is 11.8 Å². The molecule has 2 heterocycles. The van der Waals surface area contributed by atoms with Crippen molar-refractivity contribution in [3.8, 4) is 0 Å². The smallest absolute Gasteiger partial charge is 0.331 e. The van der Waals surface area contributed by atoms with Gasteiger partial charge in [-0.25, -0.2) is 4.79 Å². The number of rotatable bonds is 4. The molecule has 2 rings (SSSR count). The van der Waals surface area contributed by atoms with E-state index in [-0.39, 0.29) is 6.61 Å². The highest BCUT2D eigenvalue weighted by Crippen LogP contribution is 2.49. The first-order valence-electron chi connectivity index (χ1n) is 6.84. The van der Waals surface area contributed by atoms with Crippen molar-refractivity contribution in [2.45, 2.75) is 19.1 Å². The fourth-order valence-corrected chi connectivity index (χ4v) is 2.91. The van der Waals surface area contributed by atoms with Crippen molar-refractivity contribution < 1.29 is 33.3 Å². The number of carbonyl (C=O) groups is 3. The van der Waals surface area contributed by atoms with Gasteiger partial charge in [0.15, 0.2) is 0 Å². The van der Waals surface area contributed by atoms with Crippen LogP contribution in [-0.2, 0) is 33.3 Å². The molecule has 2 fully saturated rings. The van der Waals surface area contributed by atoms with E-state index in [0.717, 1.165) is 0 Å². The number of fused-ring (bicyclic) bond motifs is 2. The summed E-state index contributed by atoms with van der Waals surface area (Å²) < 4.78 is 20.0. The van der Waals surface area contributed by atoms with Gasteiger partial charge in [-0.2, -0.15) is 0 Å². The van der Waals surface area contributed by atoms with Crippen molar-refractivity contribution in [1.82, 2.24) is 0 Å². The molecule has 0 unspecified atom stereocenters. The molecule has 7 heteroatoms. The quantitative estimate of drug-likeness (QED) is 0.421. The van der Waals surface area contributed by atoms with Gasteiger partial charge in [-0.3, -0.25) is 9.59 Å². The van der Waals surface area contributed by atoms with Gasteiger partial charge in [0.2, 0.25) is 0 Å². The van der Waals surface area contributed by atoms with Crippen molar-refractivity contribution >= 4 is 17.9 Å². The van der Waals surface area contributed by atoms with Crippen LogP contribution in [0.1, 0.15) is 6.92 Å². The number of esters is 3. The Morgan fingerprint density at radius 1 is 1.14 bits per heavy atom. The largest absolute Gasteiger partial charge is 0.469 e. The molecular weight excluding hydrogens is 292 g/mol. The SMILES string of the molecule is C=C1/C(=C/C(=O)OCC)[C@H]2O[C@@H]1[C@@H](C(=O)OC)[C@H]2C(=O)OC. The van der Waals surface area contributed by atoms with Crippen molar-refractivity contribution in [2.24, 2.45) is 11.8 Å². The van der Waals surface area contributed by atoms with E-state index in [1.54, 1.807) is 6.92 Å². The normalized spacial score (nSPS) is 31.2. The second kappa shape index (κ2) is 6.31. The summed E-state index contributed by atoms with van der Waals surface area (Å²) in [7, 11) is 2.47. The second-order valence-electron chi connectivity index (χ2n) is 4.95. The summed E-state index contributed by atoms with van der Waals surface area (Å²) in [5, 5.41) is 0. The predicted octanol–water partition coefficient (Wildman–Crippen LogP) is 0.391. The molecule has 2 saturated heterocycles. The lowest BCUT2D eigenvalue weighted by atomic mass is 9.74. The minimum absolute atomic E-state index is 0.231. The van der Waals surface area contributed by atoms with Gasteiger partial charge in [-0.1, -0.05) is 6.58 Å². The average molecular weight is 310 g/mol. The highest BCUT2D eigenvalue weighted by molar-refractivity contribution is 5.89. The number of methoxy groups -OCH3 is 2. The Morgan fingerprint density at radius 2 is 1.68 bits per heavy atom. The fourth-order valence-electron chi connectivity index (χ4n) is 2.91. The molecule has 2 aliphatic heterocycles. The summed E-state index contributed by atoms with van der Waals surface area (Å²) in [5.74, 6) is -3.40. The number of ether oxygens (including phenoxy) is 4. The molecule has 0 radical (unpaired) electrons. The van der Waals surface area contributed by atoms with E-state index in [0.29, 0.717) is 11.1 Å². The van der Waals surface area contributed by atoms with Crippen molar-refractivity contribution in [3.63, 3.8) is 0 Å². The van der Waals surface area contributed by atoms with Crippen LogP contribution in [0, 0.1) is 11.8 Å². The topological polar surface area (TPSA) is 88.1 Å². The Balaban J connectivity index is 2.35. The minimum Gasteiger partial charge on any atom is -0.469 e. The number of hydrogen-bond donors (Lipinski definition) is 0. The van der Waals surface area contributed by atoms with Gasteiger partial charge in [-0.05, 0) is 18.1 Å². The van der Waals surface area contributed by atoms with E-state index >= 15 is 0 Å². The first-order chi connectivity index (χ1) is 10.5. The van der Waals surface area contributed by atoms with Crippen LogP contribution in [0.5, 0.6) is 0 Å². The molecule has 2 bridgehead atoms. The molecule has 0 aromatic rings. The summed E-state index contributed by atoms with van der Waals surface area (Å²) in [6, 6.07) is 0. The maximum absolute atomic E-state index is 12.0. The lowest BCUT2D eigenvalue weighted by Gasteiger charge is -2.26. The summed E-state index contributed by atoms with van der Waals surface area (Å²) in [6.45, 7) is 5.78. The molecule has 0 aromatic carbocycles. The molecule has 0 amide bonds. The van der Waals surface area contributed by atoms with E-state index in [9.17, 15) is 14.4 Å². The van der Waals surface area contributed by atoms with Crippen LogP contribution in [0.25, 0.3) is 0 Å². The Hall–Kier alpha value is -2.15. The van der Waals surface area contributed by atoms with Gasteiger partial charge < -0.3 is 18.9 Å². The molecular formula is C15H18O7. The maximum atomic E-state index is 12.0. The Bertz CT molecular complexity index is 548. The summed E-state index contributed by atoms with van der Waals surface area (Å²) in [6.07, 6.45) is -0.222. The van der Waals surface area contributed by atoms with E-state index in [4.69, 9.17) is 18.9 Å². The zero-order chi connectivity index (χ0) is 16.4. The van der Waals surface area contributed by atoms with Crippen LogP contribution >= 0.6 is 0 Å². The van der Waals surface area contributed by atoms with Crippen molar-refractivity contribution in [3.05, 3.63) is 23.8 Å². The summed E-state index contributed by atoms with van der Waals surface area (Å²) in [5.41, 5.74) is 0.938. The van der Waals surface area contributed by atoms with Gasteiger partial charge in [0.05, 0.1) is 33.0 Å². The summed E-state index contributed by atoms with van der Waals surface area (Å²) >= 11 is 0. The van der Waals surface area contributed by atoms with E-state index in [2.05, 4.69) is 6.58 Å². The standard InChI is InChI=1S/C15H18O7/c1-5-21-9(16)6-8-7(2)12-10(14(17)19-3)11(13(8)22-12)15(18)20-4/h6,10-13H,2,5H2,1,3-4H3/b8-6-/t10-,11+,12-,13+/m0/s1. The molecule has 22 heavy (non-hydrogen) atoms. The lowest BCUT2D eigenvalue weighted by molar-refractivity contribution is -0.156. The molecule has 0 aliphatic carbocycles. The maximum Gasteiger partial charge on any atom is 0.331 e. The molecule has 0 aromatic heterocycles. The van der Waals surface area contributed by atoms with E-state index < -0.39 is 42.0 Å². The summed E-state index contributed by atoms with van der Waals surface area (Å²) in [4.78, 5) is 35.6. The van der Waals surface area contributed by atoms with Crippen LogP contribution in [0.2, 0.25) is 0 Å². The zero-order valence-electron chi connectivity index (χ0n) is 12.7. The molecule has 0 spiro atoms. The lowest BCUT2D eigenvalue weighted by Crippen LogP contribution is -2.41. The fraction of sp³-hybridized carbons (Fsp3) is 0.533. The molecule has 2 aliphatic rings. The second-order valence-corrected chi connectivity index (χ2v) is 4.95. The predicted molar refractivity (Wildman–Crippen MR) is 73.5 cm³/mol. The highest BCUT2D eigenvalue weighted by atomic mass is 16.6. The highest BCUT2D eigenvalue weighted by Gasteiger charge is 2.60. The Labute approximate surface area is 127 Å². The molecule has 7 nitrogen and oxygen atoms in total. The van der Waals surface area contributed by atoms with Crippen LogP contribution in [0.3, 0.4) is 0 Å². The molecule has 4 atom stereocenters. The van der Waals surface area contributed by atoms with Gasteiger partial charge >= 0.3 is 17.9 Å². The van der Waals surface area contributed by atoms with Crippen molar-refractivity contribution in [1.29, 1.82) is 0 Å².